The molecule has 1 aliphatic carbocycles. The van der Waals surface area contributed by atoms with Crippen molar-refractivity contribution >= 4 is 5.97 Å². The number of carboxylic acids is 1. The Bertz CT molecular complexity index is 1110. The van der Waals surface area contributed by atoms with Crippen molar-refractivity contribution < 1.29 is 9.90 Å². The number of carboxylic acid groups (broad SMARTS) is 1. The monoisotopic (exact) mass is 422 g/mol. The van der Waals surface area contributed by atoms with Crippen LogP contribution in [0.5, 0.6) is 0 Å². The fourth-order valence-corrected chi connectivity index (χ4v) is 5.15. The van der Waals surface area contributed by atoms with E-state index in [4.69, 9.17) is 4.98 Å². The van der Waals surface area contributed by atoms with Crippen LogP contribution in [-0.2, 0) is 16.8 Å². The van der Waals surface area contributed by atoms with Crippen molar-refractivity contribution in [1.29, 1.82) is 0 Å². The molecule has 3 atom stereocenters. The Hall–Kier alpha value is -3.66. The van der Waals surface area contributed by atoms with E-state index in [0.717, 1.165) is 22.4 Å². The fourth-order valence-electron chi connectivity index (χ4n) is 5.15. The summed E-state index contributed by atoms with van der Waals surface area (Å²) in [5, 5.41) is 9.43. The van der Waals surface area contributed by atoms with Gasteiger partial charge in [-0.05, 0) is 34.9 Å². The number of rotatable bonds is 7. The third-order valence-corrected chi connectivity index (χ3v) is 6.89. The standard InChI is InChI=1S/C28H26N2O2/c1-20-25(26(20)27(31)32)17-24-18-30(19-29-24)28(21-11-5-2-6-12-21,22-13-7-3-8-14-22)23-15-9-4-10-16-23/h2-16,18-20,25-26H,17H2,1H3,(H,31,32). The molecule has 5 rings (SSSR count). The number of benzene rings is 3. The van der Waals surface area contributed by atoms with Crippen LogP contribution >= 0.6 is 0 Å². The largest absolute Gasteiger partial charge is 0.481 e. The zero-order chi connectivity index (χ0) is 22.1. The maximum atomic E-state index is 11.5. The Labute approximate surface area is 188 Å². The van der Waals surface area contributed by atoms with Crippen LogP contribution in [-0.4, -0.2) is 20.6 Å². The number of nitrogens with zero attached hydrogens (tertiary/aromatic N) is 2. The topological polar surface area (TPSA) is 55.1 Å². The molecule has 1 aromatic heterocycles. The smallest absolute Gasteiger partial charge is 0.307 e. The van der Waals surface area contributed by atoms with E-state index in [9.17, 15) is 9.90 Å². The van der Waals surface area contributed by atoms with Crippen molar-refractivity contribution in [3.8, 4) is 0 Å². The number of aromatic nitrogens is 2. The molecular weight excluding hydrogens is 396 g/mol. The Morgan fingerprint density at radius 1 is 0.875 bits per heavy atom. The average molecular weight is 423 g/mol. The minimum atomic E-state index is -0.700. The van der Waals surface area contributed by atoms with E-state index in [-0.39, 0.29) is 17.8 Å². The normalized spacial score (nSPS) is 20.1. The van der Waals surface area contributed by atoms with E-state index in [1.54, 1.807) is 0 Å². The summed E-state index contributed by atoms with van der Waals surface area (Å²) >= 11 is 0. The molecule has 1 saturated carbocycles. The van der Waals surface area contributed by atoms with Gasteiger partial charge >= 0.3 is 5.97 Å². The van der Waals surface area contributed by atoms with Gasteiger partial charge in [-0.25, -0.2) is 4.98 Å². The molecule has 4 heteroatoms. The lowest BCUT2D eigenvalue weighted by Gasteiger charge is -2.37. The second-order valence-electron chi connectivity index (χ2n) is 8.67. The van der Waals surface area contributed by atoms with Crippen molar-refractivity contribution in [1.82, 2.24) is 9.55 Å². The minimum Gasteiger partial charge on any atom is -0.481 e. The molecule has 1 fully saturated rings. The summed E-state index contributed by atoms with van der Waals surface area (Å²) in [6.07, 6.45) is 4.67. The molecule has 0 saturated heterocycles. The van der Waals surface area contributed by atoms with Crippen LogP contribution in [0, 0.1) is 17.8 Å². The first-order valence-corrected chi connectivity index (χ1v) is 11.0. The fraction of sp³-hybridized carbons (Fsp3) is 0.214. The van der Waals surface area contributed by atoms with Gasteiger partial charge in [0, 0.05) is 6.20 Å². The van der Waals surface area contributed by atoms with Crippen LogP contribution in [0.4, 0.5) is 0 Å². The van der Waals surface area contributed by atoms with Gasteiger partial charge in [-0.2, -0.15) is 0 Å². The third kappa shape index (κ3) is 3.32. The van der Waals surface area contributed by atoms with Crippen molar-refractivity contribution in [3.63, 3.8) is 0 Å². The Morgan fingerprint density at radius 2 is 1.34 bits per heavy atom. The van der Waals surface area contributed by atoms with Gasteiger partial charge in [0.15, 0.2) is 0 Å². The van der Waals surface area contributed by atoms with Gasteiger partial charge in [0.05, 0.1) is 17.9 Å². The van der Waals surface area contributed by atoms with Gasteiger partial charge in [-0.1, -0.05) is 97.9 Å². The van der Waals surface area contributed by atoms with E-state index in [1.165, 1.54) is 0 Å². The molecule has 0 amide bonds. The summed E-state index contributed by atoms with van der Waals surface area (Å²) in [5.74, 6) is -0.619. The molecule has 0 aliphatic heterocycles. The number of aliphatic carboxylic acids is 1. The zero-order valence-electron chi connectivity index (χ0n) is 18.0. The lowest BCUT2D eigenvalue weighted by molar-refractivity contribution is -0.139. The molecular formula is C28H26N2O2. The van der Waals surface area contributed by atoms with Gasteiger partial charge in [0.1, 0.15) is 5.54 Å². The minimum absolute atomic E-state index is 0.149. The van der Waals surface area contributed by atoms with Crippen LogP contribution in [0.3, 0.4) is 0 Å². The van der Waals surface area contributed by atoms with E-state index in [0.29, 0.717) is 6.42 Å². The molecule has 0 radical (unpaired) electrons. The van der Waals surface area contributed by atoms with Gasteiger partial charge in [-0.3, -0.25) is 4.79 Å². The van der Waals surface area contributed by atoms with Crippen LogP contribution in [0.2, 0.25) is 0 Å². The Balaban J connectivity index is 1.66. The van der Waals surface area contributed by atoms with Crippen molar-refractivity contribution in [2.45, 2.75) is 18.9 Å². The number of carbonyl (C=O) groups is 1. The van der Waals surface area contributed by atoms with Gasteiger partial charge in [-0.15, -0.1) is 0 Å². The average Bonchev–Trinajstić information content (AvgIpc) is 3.23. The van der Waals surface area contributed by atoms with E-state index >= 15 is 0 Å². The molecule has 160 valence electrons. The first kappa shape index (κ1) is 20.3. The summed E-state index contributed by atoms with van der Waals surface area (Å²) in [4.78, 5) is 16.2. The van der Waals surface area contributed by atoms with Crippen molar-refractivity contribution in [3.05, 3.63) is 126 Å². The van der Waals surface area contributed by atoms with Gasteiger partial charge < -0.3 is 9.67 Å². The van der Waals surface area contributed by atoms with Crippen molar-refractivity contribution in [2.24, 2.45) is 17.8 Å². The predicted molar refractivity (Wildman–Crippen MR) is 124 cm³/mol. The zero-order valence-corrected chi connectivity index (χ0v) is 18.0. The first-order valence-electron chi connectivity index (χ1n) is 11.0. The molecule has 1 N–H and O–H groups in total. The molecule has 0 spiro atoms. The molecule has 1 aliphatic rings. The summed E-state index contributed by atoms with van der Waals surface area (Å²) in [5.41, 5.74) is 3.77. The Kier molecular flexibility index (Phi) is 5.14. The van der Waals surface area contributed by atoms with Crippen molar-refractivity contribution in [2.75, 3.05) is 0 Å². The maximum absolute atomic E-state index is 11.5. The Morgan fingerprint density at radius 3 is 1.75 bits per heavy atom. The lowest BCUT2D eigenvalue weighted by Crippen LogP contribution is -2.36. The molecule has 3 aromatic carbocycles. The third-order valence-electron chi connectivity index (χ3n) is 6.89. The predicted octanol–water partition coefficient (Wildman–Crippen LogP) is 5.23. The molecule has 4 aromatic rings. The highest BCUT2D eigenvalue weighted by molar-refractivity contribution is 5.74. The molecule has 3 unspecified atom stereocenters. The number of imidazole rings is 1. The van der Waals surface area contributed by atoms with Gasteiger partial charge in [0.2, 0.25) is 0 Å². The summed E-state index contributed by atoms with van der Waals surface area (Å²) in [7, 11) is 0. The molecule has 0 bridgehead atoms. The van der Waals surface area contributed by atoms with Gasteiger partial charge in [0.25, 0.3) is 0 Å². The molecule has 4 nitrogen and oxygen atoms in total. The maximum Gasteiger partial charge on any atom is 0.307 e. The van der Waals surface area contributed by atoms with Crippen LogP contribution in [0.1, 0.15) is 29.3 Å². The SMILES string of the molecule is CC1C(Cc2cn(C(c3ccccc3)(c3ccccc3)c3ccccc3)cn2)C1C(=O)O. The van der Waals surface area contributed by atoms with E-state index < -0.39 is 11.5 Å². The highest BCUT2D eigenvalue weighted by Crippen LogP contribution is 2.48. The van der Waals surface area contributed by atoms with Crippen LogP contribution < -0.4 is 0 Å². The highest BCUT2D eigenvalue weighted by atomic mass is 16.4. The van der Waals surface area contributed by atoms with Crippen LogP contribution in [0.25, 0.3) is 0 Å². The summed E-state index contributed by atoms with van der Waals surface area (Å²) in [6, 6.07) is 31.4. The molecule has 32 heavy (non-hydrogen) atoms. The van der Waals surface area contributed by atoms with E-state index in [1.807, 2.05) is 31.5 Å². The summed E-state index contributed by atoms with van der Waals surface area (Å²) in [6.45, 7) is 2.02. The quantitative estimate of drug-likeness (QED) is 0.415. The number of hydrogen-bond donors (Lipinski definition) is 1. The van der Waals surface area contributed by atoms with E-state index in [2.05, 4.69) is 83.6 Å². The lowest BCUT2D eigenvalue weighted by atomic mass is 9.77. The van der Waals surface area contributed by atoms with Crippen LogP contribution in [0.15, 0.2) is 104 Å². The first-order chi connectivity index (χ1) is 15.6. The second kappa shape index (κ2) is 8.12. The summed E-state index contributed by atoms with van der Waals surface area (Å²) < 4.78 is 2.19. The number of hydrogen-bond acceptors (Lipinski definition) is 2. The highest BCUT2D eigenvalue weighted by Gasteiger charge is 2.52. The molecule has 1 heterocycles. The second-order valence-corrected chi connectivity index (χ2v) is 8.67.